The first-order chi connectivity index (χ1) is 8.59. The smallest absolute Gasteiger partial charge is 0.123 e. The molecule has 4 heteroatoms. The van der Waals surface area contributed by atoms with E-state index in [1.54, 1.807) is 0 Å². The van der Waals surface area contributed by atoms with Crippen LogP contribution in [0.15, 0.2) is 40.9 Å². The van der Waals surface area contributed by atoms with Crippen LogP contribution < -0.4 is 5.32 Å². The van der Waals surface area contributed by atoms with E-state index in [4.69, 9.17) is 11.6 Å². The Morgan fingerprint density at radius 3 is 2.72 bits per heavy atom. The van der Waals surface area contributed by atoms with Gasteiger partial charge < -0.3 is 10.4 Å². The van der Waals surface area contributed by atoms with Crippen LogP contribution in [-0.2, 0) is 6.54 Å². The molecule has 2 nitrogen and oxygen atoms in total. The number of para-hydroxylation sites is 1. The van der Waals surface area contributed by atoms with E-state index in [0.29, 0.717) is 17.3 Å². The number of phenols is 1. The van der Waals surface area contributed by atoms with Crippen molar-refractivity contribution in [3.05, 3.63) is 57.0 Å². The molecule has 0 spiro atoms. The Hall–Kier alpha value is -1.19. The summed E-state index contributed by atoms with van der Waals surface area (Å²) in [6, 6.07) is 11.3. The fourth-order valence-corrected chi connectivity index (χ4v) is 2.27. The van der Waals surface area contributed by atoms with E-state index >= 15 is 0 Å². The van der Waals surface area contributed by atoms with E-state index in [1.165, 1.54) is 0 Å². The van der Waals surface area contributed by atoms with Crippen LogP contribution in [0.3, 0.4) is 0 Å². The van der Waals surface area contributed by atoms with E-state index in [1.807, 2.05) is 43.3 Å². The lowest BCUT2D eigenvalue weighted by Gasteiger charge is -2.11. The Morgan fingerprint density at radius 1 is 1.22 bits per heavy atom. The minimum atomic E-state index is 0.336. The number of nitrogens with one attached hydrogen (secondary N) is 1. The summed E-state index contributed by atoms with van der Waals surface area (Å²) in [6.07, 6.45) is 0. The Bertz CT molecular complexity index is 520. The number of hydrogen-bond acceptors (Lipinski definition) is 2. The summed E-state index contributed by atoms with van der Waals surface area (Å²) >= 11 is 9.45. The monoisotopic (exact) mass is 325 g/mol. The van der Waals surface area contributed by atoms with Gasteiger partial charge in [-0.25, -0.2) is 0 Å². The van der Waals surface area contributed by atoms with Crippen molar-refractivity contribution in [3.63, 3.8) is 0 Å². The van der Waals surface area contributed by atoms with Crippen LogP contribution >= 0.6 is 27.5 Å². The molecule has 0 saturated carbocycles. The first-order valence-electron chi connectivity index (χ1n) is 5.55. The van der Waals surface area contributed by atoms with Gasteiger partial charge in [-0.3, -0.25) is 0 Å². The molecular formula is C14H13BrClNO. The Morgan fingerprint density at radius 2 is 1.94 bits per heavy atom. The summed E-state index contributed by atoms with van der Waals surface area (Å²) in [7, 11) is 0. The summed E-state index contributed by atoms with van der Waals surface area (Å²) in [6.45, 7) is 2.43. The third-order valence-corrected chi connectivity index (χ3v) is 4.14. The highest BCUT2D eigenvalue weighted by Gasteiger charge is 2.06. The maximum atomic E-state index is 9.92. The van der Waals surface area contributed by atoms with Gasteiger partial charge in [0.25, 0.3) is 0 Å². The predicted octanol–water partition coefficient (Wildman–Crippen LogP) is 4.73. The minimum Gasteiger partial charge on any atom is -0.507 e. The first-order valence-corrected chi connectivity index (χ1v) is 6.72. The van der Waals surface area contributed by atoms with Crippen LogP contribution in [0.5, 0.6) is 5.75 Å². The van der Waals surface area contributed by atoms with Gasteiger partial charge >= 0.3 is 0 Å². The zero-order valence-electron chi connectivity index (χ0n) is 9.87. The van der Waals surface area contributed by atoms with E-state index in [-0.39, 0.29) is 0 Å². The summed E-state index contributed by atoms with van der Waals surface area (Å²) < 4.78 is 0.832. The number of aryl methyl sites for hydroxylation is 1. The molecule has 0 aliphatic rings. The lowest BCUT2D eigenvalue weighted by atomic mass is 10.1. The molecule has 18 heavy (non-hydrogen) atoms. The second kappa shape index (κ2) is 5.63. The zero-order valence-corrected chi connectivity index (χ0v) is 12.2. The average Bonchev–Trinajstić information content (AvgIpc) is 2.36. The van der Waals surface area contributed by atoms with Crippen molar-refractivity contribution in [2.75, 3.05) is 5.32 Å². The molecule has 0 fully saturated rings. The highest BCUT2D eigenvalue weighted by molar-refractivity contribution is 9.10. The van der Waals surface area contributed by atoms with Gasteiger partial charge in [-0.1, -0.05) is 35.9 Å². The molecule has 0 bridgehead atoms. The second-order valence-electron chi connectivity index (χ2n) is 4.04. The van der Waals surface area contributed by atoms with E-state index in [0.717, 1.165) is 21.3 Å². The molecule has 0 radical (unpaired) electrons. The van der Waals surface area contributed by atoms with Crippen molar-refractivity contribution in [2.24, 2.45) is 0 Å². The molecule has 0 aromatic heterocycles. The molecule has 2 rings (SSSR count). The van der Waals surface area contributed by atoms with Crippen LogP contribution in [0.1, 0.15) is 11.1 Å². The molecule has 2 aromatic rings. The van der Waals surface area contributed by atoms with Gasteiger partial charge in [-0.15, -0.1) is 0 Å². The van der Waals surface area contributed by atoms with Crippen molar-refractivity contribution < 1.29 is 5.11 Å². The van der Waals surface area contributed by atoms with Crippen LogP contribution in [0.25, 0.3) is 0 Å². The number of benzene rings is 2. The molecule has 94 valence electrons. The van der Waals surface area contributed by atoms with E-state index < -0.39 is 0 Å². The van der Waals surface area contributed by atoms with Gasteiger partial charge in [0.15, 0.2) is 0 Å². The fourth-order valence-electron chi connectivity index (χ4n) is 1.69. The van der Waals surface area contributed by atoms with Crippen molar-refractivity contribution in [2.45, 2.75) is 13.5 Å². The van der Waals surface area contributed by atoms with Crippen molar-refractivity contribution in [1.82, 2.24) is 0 Å². The average molecular weight is 327 g/mol. The van der Waals surface area contributed by atoms with Crippen LogP contribution in [0, 0.1) is 6.92 Å². The molecule has 0 atom stereocenters. The number of phenolic OH excluding ortho intramolecular Hbond substituents is 1. The molecule has 0 aliphatic carbocycles. The Kier molecular flexibility index (Phi) is 4.15. The van der Waals surface area contributed by atoms with Gasteiger partial charge in [-0.05, 0) is 40.5 Å². The third-order valence-electron chi connectivity index (χ3n) is 2.74. The van der Waals surface area contributed by atoms with Crippen molar-refractivity contribution in [3.8, 4) is 5.75 Å². The topological polar surface area (TPSA) is 32.3 Å². The molecule has 0 amide bonds. The number of anilines is 1. The first kappa shape index (κ1) is 13.2. The van der Waals surface area contributed by atoms with Crippen LogP contribution in [-0.4, -0.2) is 5.11 Å². The Labute approximate surface area is 120 Å². The number of aromatic hydroxyl groups is 1. The molecule has 2 aromatic carbocycles. The highest BCUT2D eigenvalue weighted by atomic mass is 79.9. The lowest BCUT2D eigenvalue weighted by molar-refractivity contribution is 0.465. The number of rotatable bonds is 3. The summed E-state index contributed by atoms with van der Waals surface area (Å²) in [5.41, 5.74) is 2.64. The normalized spacial score (nSPS) is 10.4. The second-order valence-corrected chi connectivity index (χ2v) is 5.24. The Balaban J connectivity index is 2.17. The molecule has 0 aliphatic heterocycles. The van der Waals surface area contributed by atoms with Gasteiger partial charge in [0.1, 0.15) is 5.75 Å². The van der Waals surface area contributed by atoms with Crippen molar-refractivity contribution in [1.29, 1.82) is 0 Å². The molecule has 0 unspecified atom stereocenters. The van der Waals surface area contributed by atoms with Crippen molar-refractivity contribution >= 4 is 33.2 Å². The SMILES string of the molecule is Cc1cccc(CNc2cccc(Cl)c2Br)c1O. The van der Waals surface area contributed by atoms with Crippen LogP contribution in [0.4, 0.5) is 5.69 Å². The largest absolute Gasteiger partial charge is 0.507 e. The summed E-state index contributed by atoms with van der Waals surface area (Å²) in [5.74, 6) is 0.336. The standard InChI is InChI=1S/C14H13BrClNO/c1-9-4-2-5-10(14(9)18)8-17-12-7-3-6-11(16)13(12)15/h2-7,17-18H,8H2,1H3. The van der Waals surface area contributed by atoms with Gasteiger partial charge in [0.05, 0.1) is 15.2 Å². The molecule has 0 saturated heterocycles. The highest BCUT2D eigenvalue weighted by Crippen LogP contribution is 2.31. The number of hydrogen-bond donors (Lipinski definition) is 2. The van der Waals surface area contributed by atoms with Crippen LogP contribution in [0.2, 0.25) is 5.02 Å². The lowest BCUT2D eigenvalue weighted by Crippen LogP contribution is -2.01. The molecule has 0 heterocycles. The molecular weight excluding hydrogens is 314 g/mol. The summed E-state index contributed by atoms with van der Waals surface area (Å²) in [5, 5.41) is 13.8. The zero-order chi connectivity index (χ0) is 13.1. The predicted molar refractivity (Wildman–Crippen MR) is 79.3 cm³/mol. The fraction of sp³-hybridized carbons (Fsp3) is 0.143. The maximum Gasteiger partial charge on any atom is 0.123 e. The minimum absolute atomic E-state index is 0.336. The van der Waals surface area contributed by atoms with E-state index in [2.05, 4.69) is 21.2 Å². The number of halogens is 2. The van der Waals surface area contributed by atoms with Gasteiger partial charge in [0.2, 0.25) is 0 Å². The summed E-state index contributed by atoms with van der Waals surface area (Å²) in [4.78, 5) is 0. The van der Waals surface area contributed by atoms with Gasteiger partial charge in [0, 0.05) is 12.1 Å². The molecule has 2 N–H and O–H groups in total. The quantitative estimate of drug-likeness (QED) is 0.854. The third kappa shape index (κ3) is 2.79. The van der Waals surface area contributed by atoms with E-state index in [9.17, 15) is 5.11 Å². The maximum absolute atomic E-state index is 9.92. The van der Waals surface area contributed by atoms with Gasteiger partial charge in [-0.2, -0.15) is 0 Å².